The lowest BCUT2D eigenvalue weighted by Gasteiger charge is -2.08. The Morgan fingerprint density at radius 2 is 2.00 bits per heavy atom. The summed E-state index contributed by atoms with van der Waals surface area (Å²) in [6.45, 7) is 2.52. The van der Waals surface area contributed by atoms with Crippen LogP contribution in [0.5, 0.6) is 11.5 Å². The molecule has 0 aliphatic carbocycles. The van der Waals surface area contributed by atoms with Gasteiger partial charge in [0.05, 0.1) is 18.2 Å². The molecule has 0 unspecified atom stereocenters. The summed E-state index contributed by atoms with van der Waals surface area (Å²) in [7, 11) is 1.62. The van der Waals surface area contributed by atoms with Crippen molar-refractivity contribution in [1.29, 1.82) is 0 Å². The third kappa shape index (κ3) is 4.08. The summed E-state index contributed by atoms with van der Waals surface area (Å²) >= 11 is 3.43. The molecule has 2 aromatic carbocycles. The Hall–Kier alpha value is -1.81. The zero-order chi connectivity index (χ0) is 15.2. The number of benzene rings is 2. The third-order valence-electron chi connectivity index (χ3n) is 3.05. The van der Waals surface area contributed by atoms with Crippen LogP contribution in [0.2, 0.25) is 0 Å². The van der Waals surface area contributed by atoms with Crippen LogP contribution < -0.4 is 9.47 Å². The maximum atomic E-state index is 12.3. The average molecular weight is 349 g/mol. The van der Waals surface area contributed by atoms with Gasteiger partial charge in [0.1, 0.15) is 11.5 Å². The first-order valence-electron chi connectivity index (χ1n) is 6.72. The summed E-state index contributed by atoms with van der Waals surface area (Å²) in [5, 5.41) is 0. The fraction of sp³-hybridized carbons (Fsp3) is 0.235. The SMILES string of the molecule is CCOc1ccc(C(=O)Cc2cccc(OC)c2)cc1Br. The molecular weight excluding hydrogens is 332 g/mol. The van der Waals surface area contributed by atoms with Crippen LogP contribution in [0.4, 0.5) is 0 Å². The van der Waals surface area contributed by atoms with Gasteiger partial charge in [0.25, 0.3) is 0 Å². The normalized spacial score (nSPS) is 10.2. The first-order chi connectivity index (χ1) is 10.1. The molecule has 0 radical (unpaired) electrons. The summed E-state index contributed by atoms with van der Waals surface area (Å²) in [5.74, 6) is 1.57. The maximum absolute atomic E-state index is 12.3. The van der Waals surface area contributed by atoms with Gasteiger partial charge in [-0.1, -0.05) is 12.1 Å². The zero-order valence-electron chi connectivity index (χ0n) is 12.1. The Kier molecular flexibility index (Phi) is 5.39. The molecule has 0 spiro atoms. The molecule has 3 nitrogen and oxygen atoms in total. The van der Waals surface area contributed by atoms with Crippen molar-refractivity contribution in [3.05, 3.63) is 58.1 Å². The summed E-state index contributed by atoms with van der Waals surface area (Å²) in [5.41, 5.74) is 1.59. The molecule has 0 aliphatic heterocycles. The van der Waals surface area contributed by atoms with Gasteiger partial charge in [0.2, 0.25) is 0 Å². The van der Waals surface area contributed by atoms with Crippen molar-refractivity contribution in [1.82, 2.24) is 0 Å². The minimum Gasteiger partial charge on any atom is -0.497 e. The van der Waals surface area contributed by atoms with Crippen molar-refractivity contribution < 1.29 is 14.3 Å². The molecule has 110 valence electrons. The molecular formula is C17H17BrO3. The standard InChI is InChI=1S/C17H17BrO3/c1-3-21-17-8-7-13(11-15(17)18)16(19)10-12-5-4-6-14(9-12)20-2/h4-9,11H,3,10H2,1-2H3. The molecule has 0 aromatic heterocycles. The van der Waals surface area contributed by atoms with E-state index in [1.165, 1.54) is 0 Å². The molecule has 2 aromatic rings. The fourth-order valence-corrected chi connectivity index (χ4v) is 2.51. The van der Waals surface area contributed by atoms with E-state index in [-0.39, 0.29) is 5.78 Å². The monoisotopic (exact) mass is 348 g/mol. The van der Waals surface area contributed by atoms with E-state index >= 15 is 0 Å². The number of carbonyl (C=O) groups is 1. The molecule has 0 saturated carbocycles. The lowest BCUT2D eigenvalue weighted by atomic mass is 10.0. The molecule has 0 aliphatic rings. The summed E-state index contributed by atoms with van der Waals surface area (Å²) in [6.07, 6.45) is 0.345. The molecule has 4 heteroatoms. The van der Waals surface area contributed by atoms with Gasteiger partial charge in [0, 0.05) is 12.0 Å². The van der Waals surface area contributed by atoms with Crippen LogP contribution in [-0.2, 0) is 6.42 Å². The first kappa shape index (κ1) is 15.6. The third-order valence-corrected chi connectivity index (χ3v) is 3.67. The van der Waals surface area contributed by atoms with Gasteiger partial charge < -0.3 is 9.47 Å². The number of hydrogen-bond donors (Lipinski definition) is 0. The average Bonchev–Trinajstić information content (AvgIpc) is 2.49. The van der Waals surface area contributed by atoms with Crippen LogP contribution in [0, 0.1) is 0 Å². The van der Waals surface area contributed by atoms with E-state index in [0.717, 1.165) is 21.5 Å². The van der Waals surface area contributed by atoms with Crippen molar-refractivity contribution in [2.75, 3.05) is 13.7 Å². The smallest absolute Gasteiger partial charge is 0.167 e. The van der Waals surface area contributed by atoms with Crippen molar-refractivity contribution in [3.8, 4) is 11.5 Å². The number of methoxy groups -OCH3 is 1. The van der Waals surface area contributed by atoms with Gasteiger partial charge in [-0.2, -0.15) is 0 Å². The number of halogens is 1. The fourth-order valence-electron chi connectivity index (χ4n) is 2.02. The number of Topliss-reactive ketones (excluding diaryl/α,β-unsaturated/α-hetero) is 1. The van der Waals surface area contributed by atoms with Gasteiger partial charge in [-0.3, -0.25) is 4.79 Å². The van der Waals surface area contributed by atoms with Crippen LogP contribution in [0.15, 0.2) is 46.9 Å². The van der Waals surface area contributed by atoms with Crippen LogP contribution in [0.1, 0.15) is 22.8 Å². The van der Waals surface area contributed by atoms with Gasteiger partial charge in [-0.25, -0.2) is 0 Å². The Balaban J connectivity index is 2.14. The lowest BCUT2D eigenvalue weighted by Crippen LogP contribution is -2.04. The van der Waals surface area contributed by atoms with Crippen molar-refractivity contribution in [3.63, 3.8) is 0 Å². The Bertz CT molecular complexity index is 638. The molecule has 0 N–H and O–H groups in total. The number of hydrogen-bond acceptors (Lipinski definition) is 3. The first-order valence-corrected chi connectivity index (χ1v) is 7.51. The predicted octanol–water partition coefficient (Wildman–Crippen LogP) is 4.28. The Labute approximate surface area is 133 Å². The van der Waals surface area contributed by atoms with Gasteiger partial charge >= 0.3 is 0 Å². The molecule has 0 heterocycles. The highest BCUT2D eigenvalue weighted by molar-refractivity contribution is 9.10. The van der Waals surface area contributed by atoms with Crippen molar-refractivity contribution in [2.45, 2.75) is 13.3 Å². The molecule has 2 rings (SSSR count). The molecule has 21 heavy (non-hydrogen) atoms. The van der Waals surface area contributed by atoms with Crippen LogP contribution >= 0.6 is 15.9 Å². The molecule has 0 bridgehead atoms. The second kappa shape index (κ2) is 7.27. The topological polar surface area (TPSA) is 35.5 Å². The minimum atomic E-state index is 0.0620. The van der Waals surface area contributed by atoms with E-state index < -0.39 is 0 Å². The zero-order valence-corrected chi connectivity index (χ0v) is 13.6. The van der Waals surface area contributed by atoms with Crippen molar-refractivity contribution in [2.24, 2.45) is 0 Å². The van der Waals surface area contributed by atoms with Crippen molar-refractivity contribution >= 4 is 21.7 Å². The van der Waals surface area contributed by atoms with E-state index in [0.29, 0.717) is 18.6 Å². The maximum Gasteiger partial charge on any atom is 0.167 e. The number of rotatable bonds is 6. The minimum absolute atomic E-state index is 0.0620. The van der Waals surface area contributed by atoms with Crippen LogP contribution in [0.3, 0.4) is 0 Å². The highest BCUT2D eigenvalue weighted by Gasteiger charge is 2.10. The van der Waals surface area contributed by atoms with Gasteiger partial charge in [-0.15, -0.1) is 0 Å². The summed E-state index contributed by atoms with van der Waals surface area (Å²) in [4.78, 5) is 12.3. The quantitative estimate of drug-likeness (QED) is 0.730. The summed E-state index contributed by atoms with van der Waals surface area (Å²) in [6, 6.07) is 12.9. The van der Waals surface area contributed by atoms with Crippen LogP contribution in [0.25, 0.3) is 0 Å². The molecule has 0 atom stereocenters. The Morgan fingerprint density at radius 1 is 1.19 bits per heavy atom. The second-order valence-corrected chi connectivity index (χ2v) is 5.38. The number of carbonyl (C=O) groups excluding carboxylic acids is 1. The molecule has 0 saturated heterocycles. The highest BCUT2D eigenvalue weighted by atomic mass is 79.9. The predicted molar refractivity (Wildman–Crippen MR) is 86.3 cm³/mol. The number of ether oxygens (including phenoxy) is 2. The van der Waals surface area contributed by atoms with Gasteiger partial charge in [-0.05, 0) is 58.7 Å². The summed E-state index contributed by atoms with van der Waals surface area (Å²) < 4.78 is 11.4. The van der Waals surface area contributed by atoms with E-state index in [1.807, 2.05) is 37.3 Å². The number of ketones is 1. The van der Waals surface area contributed by atoms with E-state index in [9.17, 15) is 4.79 Å². The highest BCUT2D eigenvalue weighted by Crippen LogP contribution is 2.26. The molecule has 0 fully saturated rings. The van der Waals surface area contributed by atoms with Gasteiger partial charge in [0.15, 0.2) is 5.78 Å². The van der Waals surface area contributed by atoms with E-state index in [4.69, 9.17) is 9.47 Å². The van der Waals surface area contributed by atoms with E-state index in [1.54, 1.807) is 19.2 Å². The second-order valence-electron chi connectivity index (χ2n) is 4.53. The lowest BCUT2D eigenvalue weighted by molar-refractivity contribution is 0.0993. The Morgan fingerprint density at radius 3 is 2.67 bits per heavy atom. The van der Waals surface area contributed by atoms with E-state index in [2.05, 4.69) is 15.9 Å². The largest absolute Gasteiger partial charge is 0.497 e. The molecule has 0 amide bonds. The van der Waals surface area contributed by atoms with Crippen LogP contribution in [-0.4, -0.2) is 19.5 Å².